The molecule has 0 N–H and O–H groups in total. The molecule has 0 heterocycles. The quantitative estimate of drug-likeness (QED) is 0.358. The van der Waals surface area contributed by atoms with E-state index in [0.717, 1.165) is 36.3 Å². The first-order valence-corrected chi connectivity index (χ1v) is 12.9. The Hall–Kier alpha value is -1.97. The highest BCUT2D eigenvalue weighted by atomic mass is 19.4. The lowest BCUT2D eigenvalue weighted by Gasteiger charge is -2.29. The Morgan fingerprint density at radius 2 is 1.48 bits per heavy atom. The van der Waals surface area contributed by atoms with Crippen molar-refractivity contribution < 1.29 is 17.9 Å². The Morgan fingerprint density at radius 3 is 2.15 bits per heavy atom. The Labute approximate surface area is 196 Å². The van der Waals surface area contributed by atoms with Gasteiger partial charge in [0, 0.05) is 0 Å². The van der Waals surface area contributed by atoms with E-state index in [1.54, 1.807) is 12.1 Å². The van der Waals surface area contributed by atoms with E-state index in [0.29, 0.717) is 11.8 Å². The van der Waals surface area contributed by atoms with Crippen LogP contribution in [0.4, 0.5) is 13.2 Å². The number of aryl methyl sites for hydroxylation is 1. The summed E-state index contributed by atoms with van der Waals surface area (Å²) in [6.45, 7) is 2.27. The second kappa shape index (κ2) is 11.0. The van der Waals surface area contributed by atoms with Crippen LogP contribution in [0.15, 0.2) is 42.5 Å². The first kappa shape index (κ1) is 24.2. The van der Waals surface area contributed by atoms with Crippen LogP contribution in [0.3, 0.4) is 0 Å². The van der Waals surface area contributed by atoms with Crippen molar-refractivity contribution in [2.75, 3.05) is 0 Å². The van der Waals surface area contributed by atoms with Gasteiger partial charge in [0.1, 0.15) is 5.75 Å². The van der Waals surface area contributed by atoms with Gasteiger partial charge in [0.2, 0.25) is 0 Å². The highest BCUT2D eigenvalue weighted by Crippen LogP contribution is 2.39. The van der Waals surface area contributed by atoms with Gasteiger partial charge in [0.25, 0.3) is 0 Å². The van der Waals surface area contributed by atoms with Crippen LogP contribution in [0.5, 0.6) is 5.75 Å². The molecule has 0 aromatic heterocycles. The molecule has 180 valence electrons. The summed E-state index contributed by atoms with van der Waals surface area (Å²) >= 11 is 0. The zero-order chi connectivity index (χ0) is 23.3. The van der Waals surface area contributed by atoms with Crippen molar-refractivity contribution in [2.24, 2.45) is 5.92 Å². The molecule has 1 nitrogen and oxygen atoms in total. The van der Waals surface area contributed by atoms with Crippen LogP contribution in [0.1, 0.15) is 105 Å². The van der Waals surface area contributed by atoms with Gasteiger partial charge in [-0.1, -0.05) is 69.4 Å². The van der Waals surface area contributed by atoms with E-state index in [1.165, 1.54) is 75.0 Å². The third kappa shape index (κ3) is 6.77. The molecule has 4 rings (SSSR count). The largest absolute Gasteiger partial charge is 0.573 e. The normalized spacial score (nSPS) is 23.2. The van der Waals surface area contributed by atoms with E-state index < -0.39 is 6.36 Å². The molecule has 1 unspecified atom stereocenters. The fraction of sp³-hybridized carbons (Fsp3) is 0.586. The Balaban J connectivity index is 1.30. The molecule has 2 aromatic rings. The van der Waals surface area contributed by atoms with Crippen molar-refractivity contribution in [1.82, 2.24) is 0 Å². The van der Waals surface area contributed by atoms with Crippen molar-refractivity contribution in [2.45, 2.75) is 102 Å². The molecule has 0 saturated heterocycles. The number of hydrogen-bond donors (Lipinski definition) is 0. The fourth-order valence-electron chi connectivity index (χ4n) is 5.90. The maximum Gasteiger partial charge on any atom is 0.573 e. The Morgan fingerprint density at radius 1 is 0.788 bits per heavy atom. The second-order valence-electron chi connectivity index (χ2n) is 10.2. The molecular weight excluding hydrogens is 421 g/mol. The molecule has 2 aromatic carbocycles. The van der Waals surface area contributed by atoms with Gasteiger partial charge in [-0.3, -0.25) is 0 Å². The summed E-state index contributed by atoms with van der Waals surface area (Å²) in [7, 11) is 0. The second-order valence-corrected chi connectivity index (χ2v) is 10.2. The lowest BCUT2D eigenvalue weighted by molar-refractivity contribution is -0.274. The SMILES string of the molecule is CCCCCCC1CCC(c2ccc(C3CCc4cc(OC(F)(F)F)ccc4C3)cc2)CC1. The highest BCUT2D eigenvalue weighted by Gasteiger charge is 2.31. The monoisotopic (exact) mass is 458 g/mol. The van der Waals surface area contributed by atoms with E-state index in [-0.39, 0.29) is 5.75 Å². The maximum absolute atomic E-state index is 12.5. The number of unbranched alkanes of at least 4 members (excludes halogenated alkanes) is 3. The van der Waals surface area contributed by atoms with Crippen LogP contribution in [0.2, 0.25) is 0 Å². The lowest BCUT2D eigenvalue weighted by atomic mass is 9.76. The first-order chi connectivity index (χ1) is 15.9. The molecule has 33 heavy (non-hydrogen) atoms. The molecule has 2 aliphatic carbocycles. The van der Waals surface area contributed by atoms with Crippen molar-refractivity contribution in [3.8, 4) is 5.75 Å². The van der Waals surface area contributed by atoms with Crippen LogP contribution in [0.25, 0.3) is 0 Å². The van der Waals surface area contributed by atoms with E-state index in [1.807, 2.05) is 0 Å². The van der Waals surface area contributed by atoms with Crippen LogP contribution < -0.4 is 4.74 Å². The smallest absolute Gasteiger partial charge is 0.406 e. The lowest BCUT2D eigenvalue weighted by Crippen LogP contribution is -2.18. The molecule has 0 spiro atoms. The van der Waals surface area contributed by atoms with Gasteiger partial charge < -0.3 is 4.74 Å². The average Bonchev–Trinajstić information content (AvgIpc) is 2.81. The fourth-order valence-corrected chi connectivity index (χ4v) is 5.90. The molecule has 2 aliphatic rings. The van der Waals surface area contributed by atoms with E-state index in [4.69, 9.17) is 0 Å². The minimum atomic E-state index is -4.64. The van der Waals surface area contributed by atoms with Gasteiger partial charge in [-0.15, -0.1) is 13.2 Å². The third-order valence-electron chi connectivity index (χ3n) is 7.83. The van der Waals surface area contributed by atoms with Gasteiger partial charge in [0.15, 0.2) is 0 Å². The number of hydrogen-bond acceptors (Lipinski definition) is 1. The zero-order valence-corrected chi connectivity index (χ0v) is 19.8. The number of fused-ring (bicyclic) bond motifs is 1. The van der Waals surface area contributed by atoms with Crippen LogP contribution in [0, 0.1) is 5.92 Å². The Kier molecular flexibility index (Phi) is 8.03. The van der Waals surface area contributed by atoms with E-state index in [2.05, 4.69) is 35.9 Å². The van der Waals surface area contributed by atoms with E-state index >= 15 is 0 Å². The average molecular weight is 459 g/mol. The van der Waals surface area contributed by atoms with Gasteiger partial charge in [0.05, 0.1) is 0 Å². The predicted octanol–water partition coefficient (Wildman–Crippen LogP) is 9.10. The van der Waals surface area contributed by atoms with Crippen molar-refractivity contribution in [1.29, 1.82) is 0 Å². The minimum Gasteiger partial charge on any atom is -0.406 e. The van der Waals surface area contributed by atoms with Gasteiger partial charge in [-0.2, -0.15) is 0 Å². The molecule has 4 heteroatoms. The van der Waals surface area contributed by atoms with Crippen molar-refractivity contribution >= 4 is 0 Å². The molecule has 0 aliphatic heterocycles. The van der Waals surface area contributed by atoms with Crippen LogP contribution in [-0.2, 0) is 12.8 Å². The molecule has 0 bridgehead atoms. The van der Waals surface area contributed by atoms with Gasteiger partial charge in [-0.25, -0.2) is 0 Å². The summed E-state index contributed by atoms with van der Waals surface area (Å²) in [6, 6.07) is 14.1. The summed E-state index contributed by atoms with van der Waals surface area (Å²) < 4.78 is 41.6. The van der Waals surface area contributed by atoms with Crippen molar-refractivity contribution in [3.05, 3.63) is 64.7 Å². The number of benzene rings is 2. The van der Waals surface area contributed by atoms with Crippen molar-refractivity contribution in [3.63, 3.8) is 0 Å². The number of rotatable bonds is 8. The molecule has 0 radical (unpaired) electrons. The van der Waals surface area contributed by atoms with Crippen LogP contribution in [-0.4, -0.2) is 6.36 Å². The summed E-state index contributed by atoms with van der Waals surface area (Å²) in [4.78, 5) is 0. The standard InChI is InChI=1S/C29H37F3O/c1-2-3-4-5-6-21-7-9-22(10-8-21)23-11-13-24(14-12-23)25-15-16-27-20-28(33-29(30,31)32)18-17-26(27)19-25/h11-14,17-18,20-22,25H,2-10,15-16,19H2,1H3. The maximum atomic E-state index is 12.5. The molecule has 1 atom stereocenters. The zero-order valence-electron chi connectivity index (χ0n) is 19.8. The topological polar surface area (TPSA) is 9.23 Å². The Bertz CT molecular complexity index is 879. The number of alkyl halides is 3. The highest BCUT2D eigenvalue weighted by molar-refractivity contribution is 5.40. The molecule has 0 amide bonds. The first-order valence-electron chi connectivity index (χ1n) is 12.9. The molecular formula is C29H37F3O. The summed E-state index contributed by atoms with van der Waals surface area (Å²) in [5.74, 6) is 1.95. The minimum absolute atomic E-state index is 0.111. The van der Waals surface area contributed by atoms with E-state index in [9.17, 15) is 13.2 Å². The van der Waals surface area contributed by atoms with Gasteiger partial charge >= 0.3 is 6.36 Å². The predicted molar refractivity (Wildman–Crippen MR) is 128 cm³/mol. The number of halogens is 3. The molecule has 1 saturated carbocycles. The van der Waals surface area contributed by atoms with Gasteiger partial charge in [-0.05, 0) is 97.1 Å². The van der Waals surface area contributed by atoms with Crippen LogP contribution >= 0.6 is 0 Å². The summed E-state index contributed by atoms with van der Waals surface area (Å²) in [5.41, 5.74) is 4.95. The summed E-state index contributed by atoms with van der Waals surface area (Å²) in [6.07, 6.45) is 10.3. The third-order valence-corrected chi connectivity index (χ3v) is 7.83. The number of ether oxygens (including phenoxy) is 1. The summed E-state index contributed by atoms with van der Waals surface area (Å²) in [5, 5.41) is 0. The molecule has 1 fully saturated rings.